The van der Waals surface area contributed by atoms with Gasteiger partial charge in [0.15, 0.2) is 0 Å². The van der Waals surface area contributed by atoms with Crippen LogP contribution < -0.4 is 4.90 Å². The molecule has 6 aromatic carbocycles. The van der Waals surface area contributed by atoms with Crippen LogP contribution in [0.2, 0.25) is 0 Å². The highest BCUT2D eigenvalue weighted by molar-refractivity contribution is 6.18. The topological polar surface area (TPSA) is 50.8 Å². The minimum atomic E-state index is 0.583. The maximum atomic E-state index is 9.51. The second-order valence-electron chi connectivity index (χ2n) is 9.64. The van der Waals surface area contributed by atoms with E-state index in [1.54, 1.807) is 12.1 Å². The fourth-order valence-electron chi connectivity index (χ4n) is 5.73. The number of nitriles is 2. The largest absolute Gasteiger partial charge is 0.310 e. The minimum absolute atomic E-state index is 0.583. The molecule has 0 atom stereocenters. The zero-order chi connectivity index (χ0) is 26.3. The fraction of sp³-hybridized carbons (Fsp3) is 0. The van der Waals surface area contributed by atoms with Gasteiger partial charge in [-0.25, -0.2) is 0 Å². The van der Waals surface area contributed by atoms with Crippen molar-refractivity contribution >= 4 is 27.8 Å². The minimum Gasteiger partial charge on any atom is -0.310 e. The number of anilines is 3. The number of fused-ring (bicyclic) bond motifs is 3. The van der Waals surface area contributed by atoms with Crippen molar-refractivity contribution in [1.29, 1.82) is 10.5 Å². The number of nitrogens with zero attached hydrogens (tertiary/aromatic N) is 3. The summed E-state index contributed by atoms with van der Waals surface area (Å²) in [5, 5.41) is 21.6. The van der Waals surface area contributed by atoms with Gasteiger partial charge < -0.3 is 4.90 Å². The molecule has 0 N–H and O–H groups in total. The van der Waals surface area contributed by atoms with Crippen LogP contribution in [0.1, 0.15) is 11.1 Å². The zero-order valence-electron chi connectivity index (χ0n) is 21.0. The molecule has 7 rings (SSSR count). The van der Waals surface area contributed by atoms with Gasteiger partial charge in [-0.2, -0.15) is 10.5 Å². The Kier molecular flexibility index (Phi) is 5.22. The predicted molar refractivity (Wildman–Crippen MR) is 158 cm³/mol. The maximum absolute atomic E-state index is 9.51. The lowest BCUT2D eigenvalue weighted by Gasteiger charge is -2.26. The van der Waals surface area contributed by atoms with Crippen molar-refractivity contribution < 1.29 is 0 Å². The van der Waals surface area contributed by atoms with Gasteiger partial charge in [-0.3, -0.25) is 0 Å². The zero-order valence-corrected chi connectivity index (χ0v) is 21.0. The van der Waals surface area contributed by atoms with Crippen molar-refractivity contribution in [3.63, 3.8) is 0 Å². The van der Waals surface area contributed by atoms with Gasteiger partial charge in [0.25, 0.3) is 0 Å². The van der Waals surface area contributed by atoms with Crippen LogP contribution in [0.4, 0.5) is 17.1 Å². The van der Waals surface area contributed by atoms with Gasteiger partial charge in [0.2, 0.25) is 0 Å². The third-order valence-corrected chi connectivity index (χ3v) is 7.45. The summed E-state index contributed by atoms with van der Waals surface area (Å²) >= 11 is 0. The van der Waals surface area contributed by atoms with Crippen molar-refractivity contribution in [3.8, 4) is 45.5 Å². The van der Waals surface area contributed by atoms with Gasteiger partial charge in [-0.15, -0.1) is 0 Å². The molecule has 0 spiro atoms. The van der Waals surface area contributed by atoms with E-state index in [0.29, 0.717) is 11.1 Å². The molecule has 0 aromatic heterocycles. The standard InChI is InChI=1S/C36H21N3/c37-22-24-6-3-8-28(20-24)39(29-9-4-7-25(21-29)23-38)27-16-14-26(15-17-27)30-18-19-35-32-11-2-1-10-31(32)34-13-5-12-33(30)36(34)35/h1-21H. The highest BCUT2D eigenvalue weighted by atomic mass is 15.1. The summed E-state index contributed by atoms with van der Waals surface area (Å²) < 4.78 is 0. The molecule has 1 aliphatic rings. The van der Waals surface area contributed by atoms with Crippen molar-refractivity contribution in [2.75, 3.05) is 4.90 Å². The van der Waals surface area contributed by atoms with Gasteiger partial charge in [0.1, 0.15) is 0 Å². The first kappa shape index (κ1) is 22.5. The van der Waals surface area contributed by atoms with Crippen LogP contribution in [0.5, 0.6) is 0 Å². The van der Waals surface area contributed by atoms with Crippen LogP contribution in [-0.4, -0.2) is 0 Å². The Morgan fingerprint density at radius 1 is 0.436 bits per heavy atom. The maximum Gasteiger partial charge on any atom is 0.0992 e. The predicted octanol–water partition coefficient (Wildman–Crippen LogP) is 9.37. The smallest absolute Gasteiger partial charge is 0.0992 e. The Morgan fingerprint density at radius 2 is 0.974 bits per heavy atom. The monoisotopic (exact) mass is 495 g/mol. The number of hydrogen-bond acceptors (Lipinski definition) is 3. The van der Waals surface area contributed by atoms with Crippen molar-refractivity contribution in [2.24, 2.45) is 0 Å². The van der Waals surface area contributed by atoms with E-state index in [1.165, 1.54) is 38.6 Å². The molecule has 39 heavy (non-hydrogen) atoms. The fourth-order valence-corrected chi connectivity index (χ4v) is 5.73. The summed E-state index contributed by atoms with van der Waals surface area (Å²) in [6, 6.07) is 47.7. The quantitative estimate of drug-likeness (QED) is 0.244. The van der Waals surface area contributed by atoms with Gasteiger partial charge in [-0.1, -0.05) is 78.9 Å². The molecule has 0 radical (unpaired) electrons. The van der Waals surface area contributed by atoms with E-state index >= 15 is 0 Å². The van der Waals surface area contributed by atoms with Crippen molar-refractivity contribution in [2.45, 2.75) is 0 Å². The van der Waals surface area contributed by atoms with Crippen LogP contribution in [0, 0.1) is 22.7 Å². The molecular weight excluding hydrogens is 474 g/mol. The van der Waals surface area contributed by atoms with Crippen LogP contribution in [0.3, 0.4) is 0 Å². The first-order valence-corrected chi connectivity index (χ1v) is 12.8. The van der Waals surface area contributed by atoms with Crippen LogP contribution >= 0.6 is 0 Å². The average Bonchev–Trinajstić information content (AvgIpc) is 3.33. The highest BCUT2D eigenvalue weighted by Crippen LogP contribution is 2.49. The summed E-state index contributed by atoms with van der Waals surface area (Å²) in [5.41, 5.74) is 11.3. The Labute approximate surface area is 227 Å². The summed E-state index contributed by atoms with van der Waals surface area (Å²) in [6.45, 7) is 0. The van der Waals surface area contributed by atoms with Crippen LogP contribution in [-0.2, 0) is 0 Å². The third-order valence-electron chi connectivity index (χ3n) is 7.45. The van der Waals surface area contributed by atoms with Crippen molar-refractivity contribution in [3.05, 3.63) is 139 Å². The molecule has 0 aliphatic heterocycles. The molecule has 3 heteroatoms. The van der Waals surface area contributed by atoms with Gasteiger partial charge in [-0.05, 0) is 92.7 Å². The number of hydrogen-bond donors (Lipinski definition) is 0. The third kappa shape index (κ3) is 3.65. The van der Waals surface area contributed by atoms with E-state index in [9.17, 15) is 10.5 Å². The van der Waals surface area contributed by atoms with Crippen LogP contribution in [0.15, 0.2) is 127 Å². The van der Waals surface area contributed by atoms with Crippen molar-refractivity contribution in [1.82, 2.24) is 0 Å². The lowest BCUT2D eigenvalue weighted by Crippen LogP contribution is -2.10. The van der Waals surface area contributed by atoms with Gasteiger partial charge >= 0.3 is 0 Å². The number of benzene rings is 6. The molecule has 0 bridgehead atoms. The summed E-state index contributed by atoms with van der Waals surface area (Å²) in [7, 11) is 0. The Balaban J connectivity index is 1.35. The second-order valence-corrected chi connectivity index (χ2v) is 9.64. The molecule has 0 unspecified atom stereocenters. The molecule has 1 aliphatic carbocycles. The lowest BCUT2D eigenvalue weighted by atomic mass is 9.94. The summed E-state index contributed by atoms with van der Waals surface area (Å²) in [5.74, 6) is 0. The van der Waals surface area contributed by atoms with E-state index in [1.807, 2.05) is 36.4 Å². The normalized spacial score (nSPS) is 11.0. The molecular formula is C36H21N3. The molecule has 0 amide bonds. The molecule has 180 valence electrons. The summed E-state index contributed by atoms with van der Waals surface area (Å²) in [4.78, 5) is 2.08. The molecule has 0 saturated heterocycles. The van der Waals surface area contributed by atoms with Gasteiger partial charge in [0, 0.05) is 17.1 Å². The van der Waals surface area contributed by atoms with E-state index in [0.717, 1.165) is 22.6 Å². The lowest BCUT2D eigenvalue weighted by molar-refractivity contribution is 1.27. The molecule has 0 saturated carbocycles. The molecule has 0 heterocycles. The Hall–Kier alpha value is -5.64. The SMILES string of the molecule is N#Cc1cccc(N(c2ccc(-c3ccc4c5c(cccc35)-c3ccccc3-4)cc2)c2cccc(C#N)c2)c1. The van der Waals surface area contributed by atoms with E-state index < -0.39 is 0 Å². The molecule has 0 fully saturated rings. The first-order valence-electron chi connectivity index (χ1n) is 12.8. The van der Waals surface area contributed by atoms with Crippen LogP contribution in [0.25, 0.3) is 44.2 Å². The Morgan fingerprint density at radius 3 is 1.59 bits per heavy atom. The van der Waals surface area contributed by atoms with E-state index in [4.69, 9.17) is 0 Å². The number of rotatable bonds is 4. The first-order chi connectivity index (χ1) is 19.2. The molecule has 6 aromatic rings. The average molecular weight is 496 g/mol. The highest BCUT2D eigenvalue weighted by Gasteiger charge is 2.22. The van der Waals surface area contributed by atoms with Gasteiger partial charge in [0.05, 0.1) is 23.3 Å². The van der Waals surface area contributed by atoms with E-state index in [-0.39, 0.29) is 0 Å². The summed E-state index contributed by atoms with van der Waals surface area (Å²) in [6.07, 6.45) is 0. The van der Waals surface area contributed by atoms with E-state index in [2.05, 4.69) is 95.9 Å². The molecule has 3 nitrogen and oxygen atoms in total. The Bertz CT molecular complexity index is 1900. The second kappa shape index (κ2) is 9.03.